The van der Waals surface area contributed by atoms with Crippen LogP contribution in [0.1, 0.15) is 37.7 Å². The molecule has 1 saturated heterocycles. The van der Waals surface area contributed by atoms with E-state index in [0.717, 1.165) is 49.2 Å². The SMILES string of the molecule is c1ccc(Cn2nnc3c(N4CCN(C5CCCCC5)CC4)ncnc32)cc1. The van der Waals surface area contributed by atoms with Crippen LogP contribution in [0.3, 0.4) is 0 Å². The van der Waals surface area contributed by atoms with Crippen molar-refractivity contribution in [1.82, 2.24) is 29.9 Å². The highest BCUT2D eigenvalue weighted by molar-refractivity contribution is 5.82. The van der Waals surface area contributed by atoms with Crippen molar-refractivity contribution in [3.8, 4) is 0 Å². The number of aromatic nitrogens is 5. The van der Waals surface area contributed by atoms with E-state index < -0.39 is 0 Å². The number of benzene rings is 1. The molecule has 0 bridgehead atoms. The molecule has 1 aliphatic carbocycles. The Kier molecular flexibility index (Phi) is 4.91. The van der Waals surface area contributed by atoms with Gasteiger partial charge in [-0.2, -0.15) is 0 Å². The molecule has 0 radical (unpaired) electrons. The Morgan fingerprint density at radius 2 is 1.68 bits per heavy atom. The summed E-state index contributed by atoms with van der Waals surface area (Å²) in [7, 11) is 0. The second-order valence-electron chi connectivity index (χ2n) is 7.92. The molecule has 0 atom stereocenters. The lowest BCUT2D eigenvalue weighted by Crippen LogP contribution is -2.51. The Bertz CT molecular complexity index is 909. The number of nitrogens with zero attached hydrogens (tertiary/aromatic N) is 7. The Balaban J connectivity index is 1.32. The van der Waals surface area contributed by atoms with Gasteiger partial charge < -0.3 is 4.90 Å². The number of fused-ring (bicyclic) bond motifs is 1. The zero-order valence-electron chi connectivity index (χ0n) is 16.2. The lowest BCUT2D eigenvalue weighted by atomic mass is 9.94. The van der Waals surface area contributed by atoms with Crippen LogP contribution in [0.15, 0.2) is 36.7 Å². The second kappa shape index (κ2) is 7.83. The van der Waals surface area contributed by atoms with Crippen molar-refractivity contribution >= 4 is 17.0 Å². The Labute approximate surface area is 165 Å². The highest BCUT2D eigenvalue weighted by Gasteiger charge is 2.27. The van der Waals surface area contributed by atoms with E-state index in [-0.39, 0.29) is 0 Å². The van der Waals surface area contributed by atoms with Crippen LogP contribution in [-0.4, -0.2) is 62.1 Å². The molecule has 7 nitrogen and oxygen atoms in total. The first-order valence-electron chi connectivity index (χ1n) is 10.5. The first kappa shape index (κ1) is 17.6. The second-order valence-corrected chi connectivity index (χ2v) is 7.92. The lowest BCUT2D eigenvalue weighted by molar-refractivity contribution is 0.148. The van der Waals surface area contributed by atoms with Crippen LogP contribution in [0.5, 0.6) is 0 Å². The van der Waals surface area contributed by atoms with Gasteiger partial charge in [0, 0.05) is 32.2 Å². The molecule has 3 aromatic rings. The minimum absolute atomic E-state index is 0.670. The van der Waals surface area contributed by atoms with Gasteiger partial charge in [-0.05, 0) is 18.4 Å². The van der Waals surface area contributed by atoms with Gasteiger partial charge in [0.15, 0.2) is 17.0 Å². The van der Waals surface area contributed by atoms with Gasteiger partial charge >= 0.3 is 0 Å². The van der Waals surface area contributed by atoms with Crippen molar-refractivity contribution in [3.05, 3.63) is 42.2 Å². The standard InChI is InChI=1S/C21H27N7/c1-3-7-17(8-4-1)15-28-21-19(24-25-28)20(22-16-23-21)27-13-11-26(12-14-27)18-9-5-2-6-10-18/h1,3-4,7-8,16,18H,2,5-6,9-15H2. The number of piperazine rings is 1. The molecule has 3 heterocycles. The van der Waals surface area contributed by atoms with Crippen molar-refractivity contribution < 1.29 is 0 Å². The maximum atomic E-state index is 4.57. The molecule has 5 rings (SSSR count). The van der Waals surface area contributed by atoms with Crippen LogP contribution >= 0.6 is 0 Å². The molecule has 0 spiro atoms. The molecule has 2 fully saturated rings. The number of rotatable bonds is 4. The van der Waals surface area contributed by atoms with Gasteiger partial charge in [-0.15, -0.1) is 5.10 Å². The van der Waals surface area contributed by atoms with Crippen LogP contribution in [0, 0.1) is 0 Å². The molecule has 1 aliphatic heterocycles. The summed E-state index contributed by atoms with van der Waals surface area (Å²) < 4.78 is 1.87. The van der Waals surface area contributed by atoms with E-state index >= 15 is 0 Å². The Hall–Kier alpha value is -2.54. The molecule has 1 aromatic carbocycles. The summed E-state index contributed by atoms with van der Waals surface area (Å²) in [5.41, 5.74) is 2.81. The summed E-state index contributed by atoms with van der Waals surface area (Å²) in [6, 6.07) is 11.1. The molecule has 7 heteroatoms. The molecule has 1 saturated carbocycles. The predicted octanol–water partition coefficient (Wildman–Crippen LogP) is 2.72. The monoisotopic (exact) mass is 377 g/mol. The fourth-order valence-electron chi connectivity index (χ4n) is 4.62. The quantitative estimate of drug-likeness (QED) is 0.697. The number of anilines is 1. The minimum Gasteiger partial charge on any atom is -0.352 e. The first-order chi connectivity index (χ1) is 13.9. The van der Waals surface area contributed by atoms with Gasteiger partial charge in [0.05, 0.1) is 6.54 Å². The Morgan fingerprint density at radius 3 is 2.46 bits per heavy atom. The summed E-state index contributed by atoms with van der Waals surface area (Å²) in [5.74, 6) is 0.924. The predicted molar refractivity (Wildman–Crippen MR) is 109 cm³/mol. The van der Waals surface area contributed by atoms with Crippen molar-refractivity contribution in [2.75, 3.05) is 31.1 Å². The summed E-state index contributed by atoms with van der Waals surface area (Å²) in [5, 5.41) is 8.79. The molecule has 0 amide bonds. The third-order valence-electron chi connectivity index (χ3n) is 6.16. The van der Waals surface area contributed by atoms with Gasteiger partial charge in [-0.25, -0.2) is 14.6 Å². The molecular weight excluding hydrogens is 350 g/mol. The number of hydrogen-bond acceptors (Lipinski definition) is 6. The molecule has 0 N–H and O–H groups in total. The van der Waals surface area contributed by atoms with Crippen LogP contribution in [0.2, 0.25) is 0 Å². The van der Waals surface area contributed by atoms with E-state index in [1.807, 2.05) is 22.9 Å². The van der Waals surface area contributed by atoms with E-state index in [0.29, 0.717) is 6.54 Å². The molecule has 28 heavy (non-hydrogen) atoms. The van der Waals surface area contributed by atoms with E-state index in [1.54, 1.807) is 6.33 Å². The summed E-state index contributed by atoms with van der Waals surface area (Å²) >= 11 is 0. The van der Waals surface area contributed by atoms with Crippen LogP contribution in [-0.2, 0) is 6.54 Å². The number of hydrogen-bond donors (Lipinski definition) is 0. The lowest BCUT2D eigenvalue weighted by Gasteiger charge is -2.41. The summed E-state index contributed by atoms with van der Waals surface area (Å²) in [4.78, 5) is 14.1. The average molecular weight is 377 g/mol. The van der Waals surface area contributed by atoms with Gasteiger partial charge in [0.1, 0.15) is 6.33 Å². The highest BCUT2D eigenvalue weighted by atomic mass is 15.5. The molecular formula is C21H27N7. The minimum atomic E-state index is 0.670. The van der Waals surface area contributed by atoms with E-state index in [1.165, 1.54) is 37.7 Å². The smallest absolute Gasteiger partial charge is 0.184 e. The zero-order valence-corrected chi connectivity index (χ0v) is 16.2. The molecule has 2 aromatic heterocycles. The van der Waals surface area contributed by atoms with Crippen LogP contribution < -0.4 is 4.90 Å². The molecule has 146 valence electrons. The van der Waals surface area contributed by atoms with E-state index in [2.05, 4.69) is 42.2 Å². The fraction of sp³-hybridized carbons (Fsp3) is 0.524. The van der Waals surface area contributed by atoms with Crippen molar-refractivity contribution in [1.29, 1.82) is 0 Å². The Morgan fingerprint density at radius 1 is 0.893 bits per heavy atom. The summed E-state index contributed by atoms with van der Waals surface area (Å²) in [6.07, 6.45) is 8.57. The topological polar surface area (TPSA) is 63.0 Å². The van der Waals surface area contributed by atoms with E-state index in [4.69, 9.17) is 0 Å². The molecule has 0 unspecified atom stereocenters. The maximum absolute atomic E-state index is 4.57. The first-order valence-corrected chi connectivity index (χ1v) is 10.5. The van der Waals surface area contributed by atoms with Crippen molar-refractivity contribution in [2.45, 2.75) is 44.7 Å². The normalized spacial score (nSPS) is 19.4. The van der Waals surface area contributed by atoms with Crippen LogP contribution in [0.4, 0.5) is 5.82 Å². The molecule has 2 aliphatic rings. The largest absolute Gasteiger partial charge is 0.352 e. The third kappa shape index (κ3) is 3.46. The maximum Gasteiger partial charge on any atom is 0.184 e. The van der Waals surface area contributed by atoms with Gasteiger partial charge in [0.2, 0.25) is 0 Å². The summed E-state index contributed by atoms with van der Waals surface area (Å²) in [6.45, 7) is 4.87. The van der Waals surface area contributed by atoms with Gasteiger partial charge in [0.25, 0.3) is 0 Å². The van der Waals surface area contributed by atoms with Crippen molar-refractivity contribution in [2.24, 2.45) is 0 Å². The zero-order chi connectivity index (χ0) is 18.8. The fourth-order valence-corrected chi connectivity index (χ4v) is 4.62. The van der Waals surface area contributed by atoms with Gasteiger partial charge in [-0.1, -0.05) is 54.8 Å². The third-order valence-corrected chi connectivity index (χ3v) is 6.16. The average Bonchev–Trinajstić information content (AvgIpc) is 3.18. The van der Waals surface area contributed by atoms with Crippen molar-refractivity contribution in [3.63, 3.8) is 0 Å². The van der Waals surface area contributed by atoms with E-state index in [9.17, 15) is 0 Å². The van der Waals surface area contributed by atoms with Gasteiger partial charge in [-0.3, -0.25) is 4.90 Å². The highest BCUT2D eigenvalue weighted by Crippen LogP contribution is 2.26. The van der Waals surface area contributed by atoms with Crippen LogP contribution in [0.25, 0.3) is 11.2 Å².